The SMILES string of the molecule is CCOC(=O)C1=C(C)N=c2s/c(=C\c3cc(Cl)c(OCc4ccc(F)cc4)c(Cl)c3)c(=O)n2[C@@H]1c1ccc(OC(C)C)c(OC)c1. The van der Waals surface area contributed by atoms with Crippen LogP contribution in [0.1, 0.15) is 50.4 Å². The van der Waals surface area contributed by atoms with Crippen molar-refractivity contribution >= 4 is 46.6 Å². The van der Waals surface area contributed by atoms with Crippen molar-refractivity contribution in [2.45, 2.75) is 46.4 Å². The summed E-state index contributed by atoms with van der Waals surface area (Å²) in [6.07, 6.45) is 1.57. The topological polar surface area (TPSA) is 88.4 Å². The molecule has 0 spiro atoms. The number of hydrogen-bond donors (Lipinski definition) is 0. The number of aromatic nitrogens is 1. The Morgan fingerprint density at radius 1 is 1.09 bits per heavy atom. The number of carbonyl (C=O) groups excluding carboxylic acids is 1. The van der Waals surface area contributed by atoms with Gasteiger partial charge in [-0.1, -0.05) is 52.7 Å². The molecule has 1 aliphatic heterocycles. The van der Waals surface area contributed by atoms with Crippen LogP contribution >= 0.6 is 34.5 Å². The average molecular weight is 686 g/mol. The Morgan fingerprint density at radius 3 is 2.41 bits per heavy atom. The maximum atomic E-state index is 14.1. The van der Waals surface area contributed by atoms with Gasteiger partial charge >= 0.3 is 5.97 Å². The molecule has 0 amide bonds. The first-order valence-electron chi connectivity index (χ1n) is 14.4. The van der Waals surface area contributed by atoms with Crippen LogP contribution in [0.15, 0.2) is 75.7 Å². The third kappa shape index (κ3) is 6.99. The number of allylic oxidation sites excluding steroid dienone is 1. The summed E-state index contributed by atoms with van der Waals surface area (Å²) in [6.45, 7) is 7.54. The zero-order valence-corrected chi connectivity index (χ0v) is 28.1. The third-order valence-electron chi connectivity index (χ3n) is 7.00. The van der Waals surface area contributed by atoms with Gasteiger partial charge in [0, 0.05) is 0 Å². The van der Waals surface area contributed by atoms with Crippen LogP contribution in [0.5, 0.6) is 17.2 Å². The van der Waals surface area contributed by atoms with Crippen LogP contribution in [0.4, 0.5) is 4.39 Å². The lowest BCUT2D eigenvalue weighted by Gasteiger charge is -2.25. The fourth-order valence-electron chi connectivity index (χ4n) is 5.00. The van der Waals surface area contributed by atoms with E-state index < -0.39 is 12.0 Å². The highest BCUT2D eigenvalue weighted by molar-refractivity contribution is 7.07. The monoisotopic (exact) mass is 684 g/mol. The quantitative estimate of drug-likeness (QED) is 0.175. The molecule has 0 radical (unpaired) electrons. The summed E-state index contributed by atoms with van der Waals surface area (Å²) in [5.41, 5.74) is 2.23. The lowest BCUT2D eigenvalue weighted by Crippen LogP contribution is -2.40. The summed E-state index contributed by atoms with van der Waals surface area (Å²) in [6, 6.07) is 13.6. The molecule has 0 saturated heterocycles. The zero-order chi connectivity index (χ0) is 33.1. The van der Waals surface area contributed by atoms with Crippen molar-refractivity contribution in [3.8, 4) is 17.2 Å². The lowest BCUT2D eigenvalue weighted by molar-refractivity contribution is -0.139. The number of carbonyl (C=O) groups is 1. The largest absolute Gasteiger partial charge is 0.493 e. The van der Waals surface area contributed by atoms with E-state index in [-0.39, 0.29) is 52.1 Å². The molecular formula is C34H31Cl2FN2O6S. The molecule has 1 aromatic heterocycles. The van der Waals surface area contributed by atoms with Gasteiger partial charge < -0.3 is 18.9 Å². The second-order valence-electron chi connectivity index (χ2n) is 10.6. The number of fused-ring (bicyclic) bond motifs is 1. The van der Waals surface area contributed by atoms with Gasteiger partial charge in [-0.25, -0.2) is 14.2 Å². The fraction of sp³-hybridized carbons (Fsp3) is 0.265. The first-order valence-corrected chi connectivity index (χ1v) is 16.0. The minimum atomic E-state index is -0.839. The van der Waals surface area contributed by atoms with Gasteiger partial charge in [-0.2, -0.15) is 0 Å². The molecule has 5 rings (SSSR count). The number of thiazole rings is 1. The number of esters is 1. The van der Waals surface area contributed by atoms with Crippen molar-refractivity contribution < 1.29 is 28.1 Å². The highest BCUT2D eigenvalue weighted by atomic mass is 35.5. The van der Waals surface area contributed by atoms with E-state index in [0.29, 0.717) is 37.7 Å². The van der Waals surface area contributed by atoms with Crippen LogP contribution in [0.25, 0.3) is 6.08 Å². The van der Waals surface area contributed by atoms with E-state index in [0.717, 1.165) is 5.56 Å². The Balaban J connectivity index is 1.57. The van der Waals surface area contributed by atoms with Crippen molar-refractivity contribution in [1.29, 1.82) is 0 Å². The van der Waals surface area contributed by atoms with Gasteiger partial charge in [0.2, 0.25) is 0 Å². The first kappa shape index (κ1) is 33.2. The molecule has 0 aliphatic carbocycles. The van der Waals surface area contributed by atoms with Crippen molar-refractivity contribution in [2.75, 3.05) is 13.7 Å². The minimum absolute atomic E-state index is 0.0907. The predicted molar refractivity (Wildman–Crippen MR) is 176 cm³/mol. The van der Waals surface area contributed by atoms with Crippen LogP contribution in [0, 0.1) is 5.82 Å². The van der Waals surface area contributed by atoms with Gasteiger partial charge in [0.1, 0.15) is 12.4 Å². The van der Waals surface area contributed by atoms with E-state index in [4.69, 9.17) is 42.1 Å². The fourth-order valence-corrected chi connectivity index (χ4v) is 6.66. The molecule has 240 valence electrons. The Labute approximate surface area is 278 Å². The molecule has 12 heteroatoms. The van der Waals surface area contributed by atoms with Crippen LogP contribution in [-0.2, 0) is 16.1 Å². The summed E-state index contributed by atoms with van der Waals surface area (Å²) in [5, 5.41) is 0.477. The Kier molecular flexibility index (Phi) is 10.2. The number of rotatable bonds is 10. The van der Waals surface area contributed by atoms with Gasteiger partial charge in [-0.05, 0) is 86.9 Å². The van der Waals surface area contributed by atoms with Crippen LogP contribution in [-0.4, -0.2) is 30.4 Å². The molecule has 3 aromatic carbocycles. The second-order valence-corrected chi connectivity index (χ2v) is 12.4. The second kappa shape index (κ2) is 14.1. The summed E-state index contributed by atoms with van der Waals surface area (Å²) < 4.78 is 37.8. The van der Waals surface area contributed by atoms with Crippen molar-refractivity contribution in [2.24, 2.45) is 4.99 Å². The molecule has 0 saturated carbocycles. The van der Waals surface area contributed by atoms with Crippen LogP contribution in [0.2, 0.25) is 10.0 Å². The van der Waals surface area contributed by atoms with Crippen LogP contribution in [0.3, 0.4) is 0 Å². The number of halogens is 3. The van der Waals surface area contributed by atoms with Gasteiger partial charge in [0.05, 0.1) is 51.7 Å². The smallest absolute Gasteiger partial charge is 0.338 e. The molecule has 0 fully saturated rings. The Morgan fingerprint density at radius 2 is 1.78 bits per heavy atom. The maximum Gasteiger partial charge on any atom is 0.338 e. The molecule has 0 unspecified atom stereocenters. The molecule has 8 nitrogen and oxygen atoms in total. The maximum absolute atomic E-state index is 14.1. The highest BCUT2D eigenvalue weighted by Crippen LogP contribution is 2.37. The summed E-state index contributed by atoms with van der Waals surface area (Å²) in [4.78, 5) is 32.4. The van der Waals surface area contributed by atoms with Crippen molar-refractivity contribution in [1.82, 2.24) is 4.57 Å². The van der Waals surface area contributed by atoms with Crippen molar-refractivity contribution in [3.63, 3.8) is 0 Å². The molecular weight excluding hydrogens is 654 g/mol. The lowest BCUT2D eigenvalue weighted by atomic mass is 9.95. The zero-order valence-electron chi connectivity index (χ0n) is 25.7. The number of methoxy groups -OCH3 is 1. The van der Waals surface area contributed by atoms with Gasteiger partial charge in [0.25, 0.3) is 5.56 Å². The van der Waals surface area contributed by atoms with E-state index in [1.165, 1.54) is 35.1 Å². The average Bonchev–Trinajstić information content (AvgIpc) is 3.30. The highest BCUT2D eigenvalue weighted by Gasteiger charge is 2.34. The molecule has 46 heavy (non-hydrogen) atoms. The summed E-state index contributed by atoms with van der Waals surface area (Å²) >= 11 is 14.3. The predicted octanol–water partition coefficient (Wildman–Crippen LogP) is 6.62. The van der Waals surface area contributed by atoms with E-state index in [2.05, 4.69) is 4.99 Å². The van der Waals surface area contributed by atoms with E-state index in [1.807, 2.05) is 13.8 Å². The van der Waals surface area contributed by atoms with E-state index in [9.17, 15) is 14.0 Å². The molecule has 1 atom stereocenters. The number of ether oxygens (including phenoxy) is 4. The minimum Gasteiger partial charge on any atom is -0.493 e. The van der Waals surface area contributed by atoms with Gasteiger partial charge in [0.15, 0.2) is 22.0 Å². The van der Waals surface area contributed by atoms with Gasteiger partial charge in [-0.3, -0.25) is 9.36 Å². The van der Waals surface area contributed by atoms with Crippen LogP contribution < -0.4 is 29.1 Å². The van der Waals surface area contributed by atoms with Crippen molar-refractivity contribution in [3.05, 3.63) is 118 Å². The molecule has 4 aromatic rings. The summed E-state index contributed by atoms with van der Waals surface area (Å²) in [7, 11) is 1.53. The molecule has 1 aliphatic rings. The Hall–Kier alpha value is -4.12. The normalized spacial score (nSPS) is 14.6. The number of benzene rings is 3. The third-order valence-corrected chi connectivity index (χ3v) is 8.54. The Bertz CT molecular complexity index is 1980. The number of hydrogen-bond acceptors (Lipinski definition) is 8. The number of nitrogens with zero attached hydrogens (tertiary/aromatic N) is 2. The van der Waals surface area contributed by atoms with E-state index >= 15 is 0 Å². The first-order chi connectivity index (χ1) is 22.0. The molecule has 2 heterocycles. The van der Waals surface area contributed by atoms with E-state index in [1.54, 1.807) is 62.4 Å². The van der Waals surface area contributed by atoms with Gasteiger partial charge in [-0.15, -0.1) is 0 Å². The standard InChI is InChI=1S/C34H31Cl2FN2O6S/c1-6-43-33(41)29-19(4)38-34-39(30(29)22-9-12-26(45-18(2)3)27(16-22)42-5)32(40)28(46-34)15-21-13-24(35)31(25(36)14-21)44-17-20-7-10-23(37)11-8-20/h7-16,18,30H,6,17H2,1-5H3/b28-15-/t30-/m1/s1. The molecule has 0 bridgehead atoms. The summed E-state index contributed by atoms with van der Waals surface area (Å²) in [5.74, 6) is 0.337. The molecule has 0 N–H and O–H groups in total.